The van der Waals surface area contributed by atoms with Gasteiger partial charge in [0.25, 0.3) is 0 Å². The van der Waals surface area contributed by atoms with E-state index in [2.05, 4.69) is 0 Å². The first kappa shape index (κ1) is 8.31. The number of fused-ring (bicyclic) bond motifs is 1. The van der Waals surface area contributed by atoms with Crippen LogP contribution in [0.25, 0.3) is 0 Å². The molecule has 13 heavy (non-hydrogen) atoms. The minimum atomic E-state index is -0.607. The number of Topliss-reactive ketones (excluding diaryl/α,β-unsaturated/α-hetero) is 1. The maximum Gasteiger partial charge on any atom is 0.148 e. The fourth-order valence-electron chi connectivity index (χ4n) is 1.67. The van der Waals surface area contributed by atoms with Crippen LogP contribution in [0.4, 0.5) is 0 Å². The fraction of sp³-hybridized carbons (Fsp3) is 0.444. The molecular weight excluding hydrogens is 172 g/mol. The number of carbonyl (C=O) groups is 1. The highest BCUT2D eigenvalue weighted by Gasteiger charge is 2.37. The first-order chi connectivity index (χ1) is 6.18. The van der Waals surface area contributed by atoms with Gasteiger partial charge in [0.1, 0.15) is 23.2 Å². The molecule has 2 N–H and O–H groups in total. The Kier molecular flexibility index (Phi) is 1.84. The molecule has 70 valence electrons. The highest BCUT2D eigenvalue weighted by atomic mass is 16.5. The zero-order chi connectivity index (χ0) is 9.42. The molecule has 0 aromatic carbocycles. The van der Waals surface area contributed by atoms with Crippen LogP contribution in [0.15, 0.2) is 23.7 Å². The Bertz CT molecular complexity index is 303. The second-order valence-corrected chi connectivity index (χ2v) is 3.19. The van der Waals surface area contributed by atoms with Gasteiger partial charge in [-0.05, 0) is 6.08 Å². The van der Waals surface area contributed by atoms with Crippen molar-refractivity contribution in [3.63, 3.8) is 0 Å². The fourth-order valence-corrected chi connectivity index (χ4v) is 1.67. The van der Waals surface area contributed by atoms with Gasteiger partial charge in [0.05, 0.1) is 12.7 Å². The molecule has 2 aliphatic rings. The molecule has 1 aliphatic carbocycles. The molecule has 0 radical (unpaired) electrons. The summed E-state index contributed by atoms with van der Waals surface area (Å²) in [6.45, 7) is 0.358. The molecule has 2 atom stereocenters. The summed E-state index contributed by atoms with van der Waals surface area (Å²) in [6.07, 6.45) is 2.47. The Morgan fingerprint density at radius 2 is 2.23 bits per heavy atom. The van der Waals surface area contributed by atoms with Crippen molar-refractivity contribution in [2.24, 2.45) is 5.92 Å². The van der Waals surface area contributed by atoms with E-state index in [1.807, 2.05) is 0 Å². The largest absolute Gasteiger partial charge is 0.511 e. The van der Waals surface area contributed by atoms with Crippen LogP contribution in [0.2, 0.25) is 0 Å². The number of aliphatic hydroxyl groups is 2. The van der Waals surface area contributed by atoms with E-state index in [4.69, 9.17) is 9.84 Å². The maximum absolute atomic E-state index is 11.4. The van der Waals surface area contributed by atoms with Crippen LogP contribution in [0.3, 0.4) is 0 Å². The van der Waals surface area contributed by atoms with Gasteiger partial charge in [-0.1, -0.05) is 0 Å². The van der Waals surface area contributed by atoms with Crippen LogP contribution in [0.1, 0.15) is 6.42 Å². The quantitative estimate of drug-likeness (QED) is 0.583. The number of aliphatic hydroxyl groups excluding tert-OH is 2. The summed E-state index contributed by atoms with van der Waals surface area (Å²) < 4.78 is 5.24. The van der Waals surface area contributed by atoms with Crippen LogP contribution in [0, 0.1) is 5.92 Å². The molecule has 1 saturated heterocycles. The van der Waals surface area contributed by atoms with E-state index in [1.165, 1.54) is 12.2 Å². The molecule has 1 aliphatic heterocycles. The molecule has 1 fully saturated rings. The number of hydrogen-bond donors (Lipinski definition) is 2. The van der Waals surface area contributed by atoms with E-state index < -0.39 is 12.0 Å². The molecule has 0 spiro atoms. The first-order valence-corrected chi connectivity index (χ1v) is 4.14. The molecule has 0 aromatic rings. The zero-order valence-corrected chi connectivity index (χ0v) is 6.93. The van der Waals surface area contributed by atoms with Gasteiger partial charge in [0, 0.05) is 12.5 Å². The van der Waals surface area contributed by atoms with Gasteiger partial charge < -0.3 is 14.9 Å². The molecule has 0 amide bonds. The number of ether oxygens (including phenoxy) is 1. The van der Waals surface area contributed by atoms with E-state index in [0.29, 0.717) is 13.0 Å². The van der Waals surface area contributed by atoms with Gasteiger partial charge in [0.2, 0.25) is 0 Å². The molecule has 0 bridgehead atoms. The maximum atomic E-state index is 11.4. The lowest BCUT2D eigenvalue weighted by atomic mass is 9.87. The van der Waals surface area contributed by atoms with Gasteiger partial charge in [0.15, 0.2) is 0 Å². The van der Waals surface area contributed by atoms with Crippen LogP contribution < -0.4 is 0 Å². The van der Waals surface area contributed by atoms with E-state index in [9.17, 15) is 9.90 Å². The number of carbonyl (C=O) groups excluding carboxylic acids is 1. The Hall–Kier alpha value is -1.29. The van der Waals surface area contributed by atoms with Gasteiger partial charge in [-0.3, -0.25) is 4.79 Å². The number of ketones is 1. The van der Waals surface area contributed by atoms with Gasteiger partial charge in [-0.15, -0.1) is 0 Å². The van der Waals surface area contributed by atoms with Crippen LogP contribution in [-0.2, 0) is 9.53 Å². The van der Waals surface area contributed by atoms with E-state index >= 15 is 0 Å². The summed E-state index contributed by atoms with van der Waals surface area (Å²) in [6, 6.07) is 0. The van der Waals surface area contributed by atoms with Gasteiger partial charge >= 0.3 is 0 Å². The zero-order valence-electron chi connectivity index (χ0n) is 6.93. The van der Waals surface area contributed by atoms with Crippen molar-refractivity contribution in [1.82, 2.24) is 0 Å². The van der Waals surface area contributed by atoms with E-state index in [0.717, 1.165) is 0 Å². The Morgan fingerprint density at radius 3 is 3.00 bits per heavy atom. The van der Waals surface area contributed by atoms with Crippen LogP contribution in [0.5, 0.6) is 0 Å². The van der Waals surface area contributed by atoms with Crippen molar-refractivity contribution in [2.75, 3.05) is 6.61 Å². The smallest absolute Gasteiger partial charge is 0.148 e. The molecule has 0 saturated carbocycles. The van der Waals surface area contributed by atoms with Crippen molar-refractivity contribution >= 4 is 5.78 Å². The predicted molar refractivity (Wildman–Crippen MR) is 44.3 cm³/mol. The van der Waals surface area contributed by atoms with Crippen LogP contribution >= 0.6 is 0 Å². The number of hydrogen-bond acceptors (Lipinski definition) is 4. The van der Waals surface area contributed by atoms with Crippen LogP contribution in [-0.4, -0.2) is 28.7 Å². The summed E-state index contributed by atoms with van der Waals surface area (Å²) in [4.78, 5) is 11.4. The topological polar surface area (TPSA) is 66.8 Å². The highest BCUT2D eigenvalue weighted by molar-refractivity contribution is 5.85. The second kappa shape index (κ2) is 2.88. The summed E-state index contributed by atoms with van der Waals surface area (Å²) >= 11 is 0. The average Bonchev–Trinajstić information content (AvgIpc) is 2.02. The Labute approximate surface area is 75.1 Å². The molecule has 1 heterocycles. The Morgan fingerprint density at radius 1 is 1.46 bits per heavy atom. The van der Waals surface area contributed by atoms with Gasteiger partial charge in [-0.2, -0.15) is 0 Å². The van der Waals surface area contributed by atoms with Crippen molar-refractivity contribution in [3.05, 3.63) is 23.7 Å². The highest BCUT2D eigenvalue weighted by Crippen LogP contribution is 2.29. The van der Waals surface area contributed by atoms with Crippen molar-refractivity contribution in [3.8, 4) is 0 Å². The minimum absolute atomic E-state index is 0.0336. The first-order valence-electron chi connectivity index (χ1n) is 4.14. The lowest BCUT2D eigenvalue weighted by Gasteiger charge is -2.30. The SMILES string of the molecule is O=C1CCOC2C=C(O)C=C(O)C12. The summed E-state index contributed by atoms with van der Waals surface area (Å²) in [5, 5.41) is 18.5. The molecule has 2 rings (SSSR count). The summed E-state index contributed by atoms with van der Waals surface area (Å²) in [5.41, 5.74) is 0. The van der Waals surface area contributed by atoms with Crippen molar-refractivity contribution in [1.29, 1.82) is 0 Å². The Balaban J connectivity index is 2.31. The van der Waals surface area contributed by atoms with E-state index in [1.54, 1.807) is 0 Å². The summed E-state index contributed by atoms with van der Waals surface area (Å²) in [7, 11) is 0. The predicted octanol–water partition coefficient (Wildman–Crippen LogP) is 0.858. The molecular formula is C9H10O4. The number of rotatable bonds is 0. The molecule has 0 aromatic heterocycles. The molecule has 2 unspecified atom stereocenters. The van der Waals surface area contributed by atoms with Crippen molar-refractivity contribution in [2.45, 2.75) is 12.5 Å². The summed E-state index contributed by atoms with van der Waals surface area (Å²) in [5.74, 6) is -0.790. The average molecular weight is 182 g/mol. The second-order valence-electron chi connectivity index (χ2n) is 3.19. The van der Waals surface area contributed by atoms with Gasteiger partial charge in [-0.25, -0.2) is 0 Å². The standard InChI is InChI=1S/C9H10O4/c10-5-3-7(12)9-6(11)1-2-13-8(9)4-5/h3-4,8-10,12H,1-2H2. The van der Waals surface area contributed by atoms with E-state index in [-0.39, 0.29) is 17.3 Å². The molecule has 4 nitrogen and oxygen atoms in total. The lowest BCUT2D eigenvalue weighted by molar-refractivity contribution is -0.133. The third-order valence-electron chi connectivity index (χ3n) is 2.28. The monoisotopic (exact) mass is 182 g/mol. The lowest BCUT2D eigenvalue weighted by Crippen LogP contribution is -2.38. The minimum Gasteiger partial charge on any atom is -0.511 e. The third kappa shape index (κ3) is 1.33. The normalized spacial score (nSPS) is 33.4. The van der Waals surface area contributed by atoms with Crippen molar-refractivity contribution < 1.29 is 19.7 Å². The number of allylic oxidation sites excluding steroid dienone is 1. The molecule has 4 heteroatoms. The third-order valence-corrected chi connectivity index (χ3v) is 2.28.